The highest BCUT2D eigenvalue weighted by Gasteiger charge is 2.22. The van der Waals surface area contributed by atoms with Gasteiger partial charge in [0.15, 0.2) is 10.8 Å². The van der Waals surface area contributed by atoms with Gasteiger partial charge >= 0.3 is 0 Å². The first-order valence-electron chi connectivity index (χ1n) is 8.91. The van der Waals surface area contributed by atoms with Crippen molar-refractivity contribution in [1.82, 2.24) is 14.8 Å². The molecule has 1 aromatic carbocycles. The van der Waals surface area contributed by atoms with E-state index in [1.54, 1.807) is 17.6 Å². The Morgan fingerprint density at radius 2 is 1.96 bits per heavy atom. The van der Waals surface area contributed by atoms with Gasteiger partial charge in [0.25, 0.3) is 0 Å². The number of carbonyl (C=O) groups is 1. The molecule has 0 bridgehead atoms. The van der Waals surface area contributed by atoms with Gasteiger partial charge in [0.1, 0.15) is 0 Å². The van der Waals surface area contributed by atoms with Crippen LogP contribution in [0, 0.1) is 0 Å². The first-order chi connectivity index (χ1) is 13.2. The number of piperazine rings is 1. The molecule has 1 fully saturated rings. The summed E-state index contributed by atoms with van der Waals surface area (Å²) in [5.41, 5.74) is 1.93. The minimum Gasteiger partial charge on any atom is -0.462 e. The maximum absolute atomic E-state index is 12.5. The van der Waals surface area contributed by atoms with Crippen molar-refractivity contribution < 1.29 is 9.21 Å². The Kier molecular flexibility index (Phi) is 5.57. The summed E-state index contributed by atoms with van der Waals surface area (Å²) in [7, 11) is 0. The Hall–Kier alpha value is -2.15. The molecule has 0 spiro atoms. The molecule has 0 N–H and O–H groups in total. The fourth-order valence-electron chi connectivity index (χ4n) is 3.19. The van der Waals surface area contributed by atoms with E-state index in [-0.39, 0.29) is 5.91 Å². The third kappa shape index (κ3) is 4.40. The third-order valence-electron chi connectivity index (χ3n) is 4.69. The van der Waals surface area contributed by atoms with E-state index in [0.29, 0.717) is 11.4 Å². The highest BCUT2D eigenvalue weighted by Crippen LogP contribution is 2.24. The van der Waals surface area contributed by atoms with Crippen LogP contribution >= 0.6 is 22.9 Å². The van der Waals surface area contributed by atoms with Crippen molar-refractivity contribution in [3.05, 3.63) is 64.3 Å². The van der Waals surface area contributed by atoms with E-state index in [1.807, 2.05) is 41.3 Å². The second kappa shape index (κ2) is 8.25. The number of hydrogen-bond acceptors (Lipinski definition) is 5. The standard InChI is InChI=1S/C20H20ClN3O2S/c21-17-5-2-1-4-15(17)12-19(25)24-9-7-23(8-10-24)13-16-14-27-20(22-16)18-6-3-11-26-18/h1-6,11,14H,7-10,12-13H2. The molecule has 27 heavy (non-hydrogen) atoms. The van der Waals surface area contributed by atoms with E-state index < -0.39 is 0 Å². The largest absolute Gasteiger partial charge is 0.462 e. The molecule has 0 atom stereocenters. The van der Waals surface area contributed by atoms with Crippen LogP contribution in [0.4, 0.5) is 0 Å². The summed E-state index contributed by atoms with van der Waals surface area (Å²) in [5, 5.41) is 3.64. The van der Waals surface area contributed by atoms with Crippen LogP contribution in [0.5, 0.6) is 0 Å². The van der Waals surface area contributed by atoms with Crippen LogP contribution in [-0.4, -0.2) is 46.9 Å². The van der Waals surface area contributed by atoms with Crippen LogP contribution in [0.25, 0.3) is 10.8 Å². The quantitative estimate of drug-likeness (QED) is 0.649. The van der Waals surface area contributed by atoms with E-state index in [0.717, 1.165) is 54.7 Å². The van der Waals surface area contributed by atoms with E-state index in [1.165, 1.54) is 0 Å². The van der Waals surface area contributed by atoms with Gasteiger partial charge in [-0.05, 0) is 23.8 Å². The summed E-state index contributed by atoms with van der Waals surface area (Å²) >= 11 is 7.76. The number of carbonyl (C=O) groups excluding carboxylic acids is 1. The van der Waals surface area contributed by atoms with Crippen LogP contribution in [0.15, 0.2) is 52.5 Å². The summed E-state index contributed by atoms with van der Waals surface area (Å²) in [4.78, 5) is 21.5. The van der Waals surface area contributed by atoms with Crippen molar-refractivity contribution in [2.45, 2.75) is 13.0 Å². The number of rotatable bonds is 5. The normalized spacial score (nSPS) is 15.2. The van der Waals surface area contributed by atoms with Gasteiger partial charge in [-0.25, -0.2) is 4.98 Å². The molecule has 4 rings (SSSR count). The zero-order valence-corrected chi connectivity index (χ0v) is 16.4. The SMILES string of the molecule is O=C(Cc1ccccc1Cl)N1CCN(Cc2csc(-c3ccco3)n2)CC1. The second-order valence-electron chi connectivity index (χ2n) is 6.55. The molecule has 3 aromatic rings. The van der Waals surface area contributed by atoms with Gasteiger partial charge in [-0.1, -0.05) is 29.8 Å². The maximum Gasteiger partial charge on any atom is 0.227 e. The van der Waals surface area contributed by atoms with Gasteiger partial charge in [-0.3, -0.25) is 9.69 Å². The van der Waals surface area contributed by atoms with E-state index in [9.17, 15) is 4.79 Å². The molecule has 5 nitrogen and oxygen atoms in total. The van der Waals surface area contributed by atoms with Gasteiger partial charge in [0, 0.05) is 43.1 Å². The Labute approximate surface area is 167 Å². The van der Waals surface area contributed by atoms with E-state index in [4.69, 9.17) is 16.0 Å². The van der Waals surface area contributed by atoms with Crippen molar-refractivity contribution in [3.63, 3.8) is 0 Å². The zero-order valence-electron chi connectivity index (χ0n) is 14.8. The van der Waals surface area contributed by atoms with Gasteiger partial charge in [0.2, 0.25) is 5.91 Å². The van der Waals surface area contributed by atoms with Gasteiger partial charge in [0.05, 0.1) is 18.4 Å². The minimum absolute atomic E-state index is 0.136. The Bertz CT molecular complexity index is 902. The smallest absolute Gasteiger partial charge is 0.227 e. The van der Waals surface area contributed by atoms with Crippen molar-refractivity contribution in [2.75, 3.05) is 26.2 Å². The number of nitrogens with zero attached hydrogens (tertiary/aromatic N) is 3. The minimum atomic E-state index is 0.136. The van der Waals surface area contributed by atoms with Crippen molar-refractivity contribution in [2.24, 2.45) is 0 Å². The molecule has 140 valence electrons. The van der Waals surface area contributed by atoms with Crippen molar-refractivity contribution >= 4 is 28.8 Å². The van der Waals surface area contributed by atoms with E-state index >= 15 is 0 Å². The van der Waals surface area contributed by atoms with Gasteiger partial charge in [-0.2, -0.15) is 0 Å². The molecule has 7 heteroatoms. The lowest BCUT2D eigenvalue weighted by Gasteiger charge is -2.34. The van der Waals surface area contributed by atoms with Gasteiger partial charge in [-0.15, -0.1) is 11.3 Å². The first kappa shape index (κ1) is 18.2. The topological polar surface area (TPSA) is 49.6 Å². The zero-order chi connectivity index (χ0) is 18.6. The number of benzene rings is 1. The summed E-state index contributed by atoms with van der Waals surface area (Å²) < 4.78 is 5.40. The maximum atomic E-state index is 12.5. The average molecular weight is 402 g/mol. The average Bonchev–Trinajstić information content (AvgIpc) is 3.36. The van der Waals surface area contributed by atoms with Gasteiger partial charge < -0.3 is 9.32 Å². The lowest BCUT2D eigenvalue weighted by molar-refractivity contribution is -0.132. The molecule has 1 aliphatic rings. The third-order valence-corrected chi connectivity index (χ3v) is 5.97. The predicted octanol–water partition coefficient (Wildman–Crippen LogP) is 3.94. The molecule has 0 unspecified atom stereocenters. The number of halogens is 1. The molecule has 0 saturated carbocycles. The number of furan rings is 1. The molecule has 0 radical (unpaired) electrons. The summed E-state index contributed by atoms with van der Waals surface area (Å²) in [6, 6.07) is 11.3. The number of amides is 1. The number of thiazole rings is 1. The summed E-state index contributed by atoms with van der Waals surface area (Å²) in [5.74, 6) is 0.942. The summed E-state index contributed by atoms with van der Waals surface area (Å²) in [6.07, 6.45) is 2.02. The fourth-order valence-corrected chi connectivity index (χ4v) is 4.17. The Morgan fingerprint density at radius 1 is 1.15 bits per heavy atom. The van der Waals surface area contributed by atoms with Crippen molar-refractivity contribution in [3.8, 4) is 10.8 Å². The predicted molar refractivity (Wildman–Crippen MR) is 107 cm³/mol. The van der Waals surface area contributed by atoms with Crippen LogP contribution in [0.3, 0.4) is 0 Å². The molecule has 3 heterocycles. The van der Waals surface area contributed by atoms with Crippen LogP contribution in [-0.2, 0) is 17.8 Å². The van der Waals surface area contributed by atoms with Crippen molar-refractivity contribution in [1.29, 1.82) is 0 Å². The molecular formula is C20H20ClN3O2S. The number of aromatic nitrogens is 1. The highest BCUT2D eigenvalue weighted by molar-refractivity contribution is 7.13. The lowest BCUT2D eigenvalue weighted by Crippen LogP contribution is -2.48. The van der Waals surface area contributed by atoms with Crippen LogP contribution < -0.4 is 0 Å². The van der Waals surface area contributed by atoms with E-state index in [2.05, 4.69) is 15.3 Å². The molecule has 1 amide bonds. The molecule has 1 saturated heterocycles. The monoisotopic (exact) mass is 401 g/mol. The van der Waals surface area contributed by atoms with Crippen LogP contribution in [0.2, 0.25) is 5.02 Å². The molecule has 0 aliphatic carbocycles. The Morgan fingerprint density at radius 3 is 2.70 bits per heavy atom. The Balaban J connectivity index is 1.29. The first-order valence-corrected chi connectivity index (χ1v) is 10.2. The summed E-state index contributed by atoms with van der Waals surface area (Å²) in [6.45, 7) is 3.96. The molecule has 2 aromatic heterocycles. The molecule has 1 aliphatic heterocycles. The number of hydrogen-bond donors (Lipinski definition) is 0. The molecular weight excluding hydrogens is 382 g/mol. The highest BCUT2D eigenvalue weighted by atomic mass is 35.5. The fraction of sp³-hybridized carbons (Fsp3) is 0.300. The van der Waals surface area contributed by atoms with Crippen LogP contribution in [0.1, 0.15) is 11.3 Å². The second-order valence-corrected chi connectivity index (χ2v) is 7.81. The lowest BCUT2D eigenvalue weighted by atomic mass is 10.1.